The summed E-state index contributed by atoms with van der Waals surface area (Å²) < 4.78 is 5.96. The number of benzene rings is 2. The number of fused-ring (bicyclic) bond motifs is 3. The molecule has 20 heavy (non-hydrogen) atoms. The summed E-state index contributed by atoms with van der Waals surface area (Å²) >= 11 is 0. The van der Waals surface area contributed by atoms with Gasteiger partial charge in [-0.1, -0.05) is 43.3 Å². The lowest BCUT2D eigenvalue weighted by atomic mass is 10.1. The summed E-state index contributed by atoms with van der Waals surface area (Å²) in [7, 11) is 0. The molecule has 1 aliphatic rings. The van der Waals surface area contributed by atoms with E-state index in [0.717, 1.165) is 38.3 Å². The predicted octanol–water partition coefficient (Wildman–Crippen LogP) is 3.64. The van der Waals surface area contributed by atoms with E-state index >= 15 is 0 Å². The molecule has 3 rings (SSSR count). The number of hydrogen-bond donors (Lipinski definition) is 1. The Morgan fingerprint density at radius 1 is 1.00 bits per heavy atom. The smallest absolute Gasteiger partial charge is 0.123 e. The fraction of sp³-hybridized carbons (Fsp3) is 0.333. The van der Waals surface area contributed by atoms with Gasteiger partial charge in [0.2, 0.25) is 0 Å². The van der Waals surface area contributed by atoms with E-state index in [4.69, 9.17) is 4.74 Å². The van der Waals surface area contributed by atoms with E-state index in [-0.39, 0.29) is 0 Å². The molecule has 0 aromatic heterocycles. The molecule has 0 heterocycles. The second-order valence-corrected chi connectivity index (χ2v) is 5.21. The van der Waals surface area contributed by atoms with E-state index in [1.54, 1.807) is 0 Å². The summed E-state index contributed by atoms with van der Waals surface area (Å²) in [6.45, 7) is 4.87. The first-order valence-corrected chi connectivity index (χ1v) is 7.44. The first kappa shape index (κ1) is 13.2. The van der Waals surface area contributed by atoms with Gasteiger partial charge >= 0.3 is 0 Å². The van der Waals surface area contributed by atoms with Gasteiger partial charge in [0.25, 0.3) is 0 Å². The highest BCUT2D eigenvalue weighted by atomic mass is 16.5. The van der Waals surface area contributed by atoms with Crippen LogP contribution in [0, 0.1) is 0 Å². The summed E-state index contributed by atoms with van der Waals surface area (Å²) in [5, 5.41) is 3.37. The molecule has 2 heteroatoms. The van der Waals surface area contributed by atoms with Crippen molar-refractivity contribution in [2.75, 3.05) is 19.7 Å². The van der Waals surface area contributed by atoms with Gasteiger partial charge in [0.05, 0.1) is 0 Å². The first-order chi connectivity index (χ1) is 9.90. The SMILES string of the molecule is CCCNCCOc1cccc2c1Cc1ccccc1-2. The Labute approximate surface area is 120 Å². The van der Waals surface area contributed by atoms with Gasteiger partial charge in [-0.25, -0.2) is 0 Å². The maximum Gasteiger partial charge on any atom is 0.123 e. The molecule has 104 valence electrons. The van der Waals surface area contributed by atoms with Gasteiger partial charge < -0.3 is 10.1 Å². The van der Waals surface area contributed by atoms with Gasteiger partial charge in [0.1, 0.15) is 12.4 Å². The second kappa shape index (κ2) is 6.10. The average Bonchev–Trinajstić information content (AvgIpc) is 2.87. The normalized spacial score (nSPS) is 12.1. The Kier molecular flexibility index (Phi) is 4.03. The lowest BCUT2D eigenvalue weighted by molar-refractivity contribution is 0.312. The molecule has 0 saturated heterocycles. The molecule has 1 aliphatic carbocycles. The molecule has 2 aromatic carbocycles. The zero-order valence-corrected chi connectivity index (χ0v) is 12.0. The van der Waals surface area contributed by atoms with Crippen LogP contribution in [-0.4, -0.2) is 19.7 Å². The van der Waals surface area contributed by atoms with Gasteiger partial charge in [-0.05, 0) is 35.7 Å². The zero-order chi connectivity index (χ0) is 13.8. The minimum atomic E-state index is 0.729. The molecule has 0 atom stereocenters. The minimum Gasteiger partial charge on any atom is -0.492 e. The molecule has 0 spiro atoms. The quantitative estimate of drug-likeness (QED) is 0.689. The Morgan fingerprint density at radius 3 is 2.75 bits per heavy atom. The molecule has 2 nitrogen and oxygen atoms in total. The molecule has 2 aromatic rings. The van der Waals surface area contributed by atoms with Crippen molar-refractivity contribution < 1.29 is 4.74 Å². The Balaban J connectivity index is 1.73. The number of rotatable bonds is 6. The highest BCUT2D eigenvalue weighted by molar-refractivity contribution is 5.78. The van der Waals surface area contributed by atoms with Crippen LogP contribution in [-0.2, 0) is 6.42 Å². The summed E-state index contributed by atoms with van der Waals surface area (Å²) in [6.07, 6.45) is 2.15. The predicted molar refractivity (Wildman–Crippen MR) is 83.3 cm³/mol. The van der Waals surface area contributed by atoms with Crippen molar-refractivity contribution in [3.8, 4) is 16.9 Å². The fourth-order valence-corrected chi connectivity index (χ4v) is 2.80. The van der Waals surface area contributed by atoms with Gasteiger partial charge in [-0.15, -0.1) is 0 Å². The lowest BCUT2D eigenvalue weighted by Crippen LogP contribution is -2.21. The maximum absolute atomic E-state index is 5.96. The lowest BCUT2D eigenvalue weighted by Gasteiger charge is -2.11. The first-order valence-electron chi connectivity index (χ1n) is 7.44. The third kappa shape index (κ3) is 2.56. The summed E-state index contributed by atoms with van der Waals surface area (Å²) in [4.78, 5) is 0. The molecule has 0 radical (unpaired) electrons. The summed E-state index contributed by atoms with van der Waals surface area (Å²) in [5.41, 5.74) is 5.43. The Bertz CT molecular complexity index is 592. The summed E-state index contributed by atoms with van der Waals surface area (Å²) in [5.74, 6) is 1.04. The van der Waals surface area contributed by atoms with Gasteiger partial charge in [-0.3, -0.25) is 0 Å². The Hall–Kier alpha value is -1.80. The number of hydrogen-bond acceptors (Lipinski definition) is 2. The molecule has 0 bridgehead atoms. The Morgan fingerprint density at radius 2 is 1.85 bits per heavy atom. The molecule has 1 N–H and O–H groups in total. The molecule has 0 unspecified atom stereocenters. The van der Waals surface area contributed by atoms with Crippen molar-refractivity contribution in [3.63, 3.8) is 0 Å². The van der Waals surface area contributed by atoms with Gasteiger partial charge in [0.15, 0.2) is 0 Å². The van der Waals surface area contributed by atoms with E-state index in [1.807, 2.05) is 0 Å². The molecule has 0 amide bonds. The zero-order valence-electron chi connectivity index (χ0n) is 12.0. The number of nitrogens with one attached hydrogen (secondary N) is 1. The van der Waals surface area contributed by atoms with Crippen molar-refractivity contribution >= 4 is 0 Å². The van der Waals surface area contributed by atoms with Crippen LogP contribution in [0.25, 0.3) is 11.1 Å². The van der Waals surface area contributed by atoms with Crippen molar-refractivity contribution in [2.24, 2.45) is 0 Å². The van der Waals surface area contributed by atoms with E-state index in [0.29, 0.717) is 0 Å². The van der Waals surface area contributed by atoms with E-state index in [9.17, 15) is 0 Å². The molecule has 0 fully saturated rings. The topological polar surface area (TPSA) is 21.3 Å². The van der Waals surface area contributed by atoms with Crippen LogP contribution in [0.3, 0.4) is 0 Å². The monoisotopic (exact) mass is 267 g/mol. The molecular formula is C18H21NO. The number of ether oxygens (including phenoxy) is 1. The van der Waals surface area contributed by atoms with Crippen LogP contribution < -0.4 is 10.1 Å². The van der Waals surface area contributed by atoms with Crippen LogP contribution in [0.4, 0.5) is 0 Å². The fourth-order valence-electron chi connectivity index (χ4n) is 2.80. The van der Waals surface area contributed by atoms with Crippen LogP contribution >= 0.6 is 0 Å². The van der Waals surface area contributed by atoms with Gasteiger partial charge in [-0.2, -0.15) is 0 Å². The van der Waals surface area contributed by atoms with Crippen LogP contribution in [0.5, 0.6) is 5.75 Å². The molecule has 0 saturated carbocycles. The average molecular weight is 267 g/mol. The van der Waals surface area contributed by atoms with Crippen LogP contribution in [0.1, 0.15) is 24.5 Å². The van der Waals surface area contributed by atoms with Crippen LogP contribution in [0.15, 0.2) is 42.5 Å². The van der Waals surface area contributed by atoms with E-state index < -0.39 is 0 Å². The second-order valence-electron chi connectivity index (χ2n) is 5.21. The molecular weight excluding hydrogens is 246 g/mol. The van der Waals surface area contributed by atoms with Crippen molar-refractivity contribution in [2.45, 2.75) is 19.8 Å². The van der Waals surface area contributed by atoms with E-state index in [1.165, 1.54) is 22.3 Å². The maximum atomic E-state index is 5.96. The summed E-state index contributed by atoms with van der Waals surface area (Å²) in [6, 6.07) is 15.0. The van der Waals surface area contributed by atoms with Crippen molar-refractivity contribution in [1.82, 2.24) is 5.32 Å². The minimum absolute atomic E-state index is 0.729. The highest BCUT2D eigenvalue weighted by Crippen LogP contribution is 2.40. The standard InChI is InChI=1S/C18H21NO/c1-2-10-19-11-12-20-18-9-5-8-16-15-7-4-3-6-14(15)13-17(16)18/h3-9,19H,2,10-13H2,1H3. The third-order valence-corrected chi connectivity index (χ3v) is 3.77. The van der Waals surface area contributed by atoms with Gasteiger partial charge in [0, 0.05) is 18.5 Å². The van der Waals surface area contributed by atoms with E-state index in [2.05, 4.69) is 54.7 Å². The van der Waals surface area contributed by atoms with Crippen molar-refractivity contribution in [1.29, 1.82) is 0 Å². The van der Waals surface area contributed by atoms with Crippen molar-refractivity contribution in [3.05, 3.63) is 53.6 Å². The third-order valence-electron chi connectivity index (χ3n) is 3.77. The largest absolute Gasteiger partial charge is 0.492 e. The van der Waals surface area contributed by atoms with Crippen LogP contribution in [0.2, 0.25) is 0 Å². The molecule has 0 aliphatic heterocycles. The highest BCUT2D eigenvalue weighted by Gasteiger charge is 2.20.